The number of anilines is 1. The van der Waals surface area contributed by atoms with E-state index in [0.717, 1.165) is 15.9 Å². The van der Waals surface area contributed by atoms with Gasteiger partial charge >= 0.3 is 5.69 Å². The van der Waals surface area contributed by atoms with Crippen LogP contribution in [0.5, 0.6) is 0 Å². The van der Waals surface area contributed by atoms with Crippen LogP contribution in [0.15, 0.2) is 65.7 Å². The van der Waals surface area contributed by atoms with Crippen LogP contribution in [-0.4, -0.2) is 29.7 Å². The van der Waals surface area contributed by atoms with Crippen LogP contribution in [0.1, 0.15) is 11.1 Å². The highest BCUT2D eigenvalue weighted by molar-refractivity contribution is 6.30. The molecule has 32 heavy (non-hydrogen) atoms. The summed E-state index contributed by atoms with van der Waals surface area (Å²) >= 11 is 5.95. The largest absolute Gasteiger partial charge is 0.350 e. The number of nitrogens with zero attached hydrogens (tertiary/aromatic N) is 5. The standard InChI is InChI=1S/C23H19ClN6O2/c1-14-6-7-16(10-15(14)2)19-12-20-22-27-30(23(32)28(22)8-9-29(20)26-19)13-21(31)25-18-5-3-4-17(24)11-18/h3-12H,13H2,1-2H3,(H,25,31). The number of fused-ring (bicyclic) bond motifs is 3. The van der Waals surface area contributed by atoms with Gasteiger partial charge in [-0.15, -0.1) is 5.10 Å². The van der Waals surface area contributed by atoms with Crippen molar-refractivity contribution in [1.29, 1.82) is 0 Å². The predicted molar refractivity (Wildman–Crippen MR) is 123 cm³/mol. The molecule has 3 heterocycles. The zero-order chi connectivity index (χ0) is 22.4. The maximum atomic E-state index is 12.8. The molecule has 0 saturated carbocycles. The zero-order valence-electron chi connectivity index (χ0n) is 17.4. The zero-order valence-corrected chi connectivity index (χ0v) is 18.2. The van der Waals surface area contributed by atoms with Gasteiger partial charge in [-0.05, 0) is 55.3 Å². The molecule has 0 radical (unpaired) electrons. The van der Waals surface area contributed by atoms with Gasteiger partial charge in [-0.25, -0.2) is 18.4 Å². The van der Waals surface area contributed by atoms with Crippen LogP contribution < -0.4 is 11.0 Å². The summed E-state index contributed by atoms with van der Waals surface area (Å²) in [6.07, 6.45) is 3.30. The van der Waals surface area contributed by atoms with Crippen molar-refractivity contribution in [2.75, 3.05) is 5.32 Å². The second-order valence-corrected chi connectivity index (χ2v) is 8.09. The Hall–Kier alpha value is -3.91. The lowest BCUT2D eigenvalue weighted by Gasteiger charge is -2.04. The molecule has 0 aliphatic rings. The summed E-state index contributed by atoms with van der Waals surface area (Å²) in [5.74, 6) is -0.377. The van der Waals surface area contributed by atoms with E-state index in [1.165, 1.54) is 15.5 Å². The van der Waals surface area contributed by atoms with Crippen molar-refractivity contribution in [2.45, 2.75) is 20.4 Å². The monoisotopic (exact) mass is 446 g/mol. The first-order chi connectivity index (χ1) is 15.4. The van der Waals surface area contributed by atoms with Crippen molar-refractivity contribution in [2.24, 2.45) is 0 Å². The molecule has 0 saturated heterocycles. The van der Waals surface area contributed by atoms with Crippen molar-refractivity contribution in [3.05, 3.63) is 87.6 Å². The molecule has 3 aromatic heterocycles. The van der Waals surface area contributed by atoms with Crippen LogP contribution in [0, 0.1) is 13.8 Å². The second kappa shape index (κ2) is 7.65. The lowest BCUT2D eigenvalue weighted by atomic mass is 10.0. The number of rotatable bonds is 4. The highest BCUT2D eigenvalue weighted by atomic mass is 35.5. The van der Waals surface area contributed by atoms with Crippen molar-refractivity contribution in [1.82, 2.24) is 23.8 Å². The van der Waals surface area contributed by atoms with Gasteiger partial charge in [-0.2, -0.15) is 5.10 Å². The fourth-order valence-electron chi connectivity index (χ4n) is 3.58. The van der Waals surface area contributed by atoms with Crippen molar-refractivity contribution < 1.29 is 4.79 Å². The summed E-state index contributed by atoms with van der Waals surface area (Å²) < 4.78 is 4.23. The number of hydrogen-bond donors (Lipinski definition) is 1. The fraction of sp³-hybridized carbons (Fsp3) is 0.130. The average Bonchev–Trinajstić information content (AvgIpc) is 3.32. The molecule has 0 atom stereocenters. The van der Waals surface area contributed by atoms with Gasteiger partial charge in [0.15, 0.2) is 5.65 Å². The van der Waals surface area contributed by atoms with E-state index in [1.807, 2.05) is 12.1 Å². The minimum absolute atomic E-state index is 0.225. The minimum atomic E-state index is -0.405. The first kappa shape index (κ1) is 20.0. The van der Waals surface area contributed by atoms with Crippen molar-refractivity contribution in [3.63, 3.8) is 0 Å². The third-order valence-corrected chi connectivity index (χ3v) is 5.63. The molecule has 0 fully saturated rings. The highest BCUT2D eigenvalue weighted by Crippen LogP contribution is 2.23. The quantitative estimate of drug-likeness (QED) is 0.456. The Balaban J connectivity index is 1.50. The molecule has 0 unspecified atom stereocenters. The highest BCUT2D eigenvalue weighted by Gasteiger charge is 2.15. The van der Waals surface area contributed by atoms with E-state index in [1.54, 1.807) is 41.2 Å². The van der Waals surface area contributed by atoms with E-state index in [9.17, 15) is 9.59 Å². The number of carbonyl (C=O) groups is 1. The van der Waals surface area contributed by atoms with Gasteiger partial charge in [0.2, 0.25) is 5.91 Å². The van der Waals surface area contributed by atoms with E-state index in [-0.39, 0.29) is 12.5 Å². The third kappa shape index (κ3) is 3.54. The van der Waals surface area contributed by atoms with Crippen LogP contribution in [0.25, 0.3) is 22.4 Å². The number of aromatic nitrogens is 5. The third-order valence-electron chi connectivity index (χ3n) is 5.40. The lowest BCUT2D eigenvalue weighted by Crippen LogP contribution is -2.28. The summed E-state index contributed by atoms with van der Waals surface area (Å²) in [5.41, 5.74) is 5.40. The average molecular weight is 447 g/mol. The number of halogens is 1. The molecule has 2 aromatic carbocycles. The molecule has 5 aromatic rings. The Labute approximate surface area is 187 Å². The van der Waals surface area contributed by atoms with Gasteiger partial charge in [0.25, 0.3) is 0 Å². The Morgan fingerprint density at radius 3 is 2.66 bits per heavy atom. The van der Waals surface area contributed by atoms with Crippen LogP contribution in [-0.2, 0) is 11.3 Å². The van der Waals surface area contributed by atoms with E-state index in [2.05, 4.69) is 41.5 Å². The summed E-state index contributed by atoms with van der Waals surface area (Å²) in [4.78, 5) is 25.3. The SMILES string of the molecule is Cc1ccc(-c2cc3c4nn(CC(=O)Nc5cccc(Cl)c5)c(=O)n4ccn3n2)cc1C. The molecule has 1 amide bonds. The number of benzene rings is 2. The molecule has 1 N–H and O–H groups in total. The maximum Gasteiger partial charge on any atom is 0.350 e. The molecule has 160 valence electrons. The van der Waals surface area contributed by atoms with Gasteiger partial charge in [-0.3, -0.25) is 4.79 Å². The molecular weight excluding hydrogens is 428 g/mol. The summed E-state index contributed by atoms with van der Waals surface area (Å²) in [5, 5.41) is 12.3. The van der Waals surface area contributed by atoms with Gasteiger partial charge < -0.3 is 5.32 Å². The van der Waals surface area contributed by atoms with Crippen LogP contribution in [0.3, 0.4) is 0 Å². The molecule has 0 aliphatic carbocycles. The summed E-state index contributed by atoms with van der Waals surface area (Å²) in [6, 6.07) is 14.9. The molecule has 5 rings (SSSR count). The minimum Gasteiger partial charge on any atom is -0.324 e. The lowest BCUT2D eigenvalue weighted by molar-refractivity contribution is -0.117. The summed E-state index contributed by atoms with van der Waals surface area (Å²) in [7, 11) is 0. The van der Waals surface area contributed by atoms with Gasteiger partial charge in [0.1, 0.15) is 12.1 Å². The van der Waals surface area contributed by atoms with E-state index >= 15 is 0 Å². The van der Waals surface area contributed by atoms with Crippen molar-refractivity contribution in [3.8, 4) is 11.3 Å². The molecule has 0 bridgehead atoms. The van der Waals surface area contributed by atoms with E-state index < -0.39 is 5.69 Å². The number of hydrogen-bond acceptors (Lipinski definition) is 4. The van der Waals surface area contributed by atoms with Crippen LogP contribution >= 0.6 is 11.6 Å². The number of amides is 1. The number of nitrogens with one attached hydrogen (secondary N) is 1. The van der Waals surface area contributed by atoms with E-state index in [0.29, 0.717) is 21.9 Å². The second-order valence-electron chi connectivity index (χ2n) is 7.65. The summed E-state index contributed by atoms with van der Waals surface area (Å²) in [6.45, 7) is 3.90. The normalized spacial score (nSPS) is 11.3. The molecule has 8 nitrogen and oxygen atoms in total. The van der Waals surface area contributed by atoms with E-state index in [4.69, 9.17) is 11.6 Å². The van der Waals surface area contributed by atoms with Gasteiger partial charge in [-0.1, -0.05) is 29.8 Å². The van der Waals surface area contributed by atoms with Crippen LogP contribution in [0.4, 0.5) is 5.69 Å². The topological polar surface area (TPSA) is 85.7 Å². The molecular formula is C23H19ClN6O2. The Morgan fingerprint density at radius 1 is 1.03 bits per heavy atom. The predicted octanol–water partition coefficient (Wildman–Crippen LogP) is 3.72. The smallest absolute Gasteiger partial charge is 0.324 e. The first-order valence-electron chi connectivity index (χ1n) is 10.00. The Morgan fingerprint density at radius 2 is 1.88 bits per heavy atom. The maximum absolute atomic E-state index is 12.8. The van der Waals surface area contributed by atoms with Crippen molar-refractivity contribution >= 4 is 34.4 Å². The first-order valence-corrected chi connectivity index (χ1v) is 10.4. The number of carbonyl (C=O) groups excluding carboxylic acids is 1. The Bertz CT molecular complexity index is 1560. The van der Waals surface area contributed by atoms with Gasteiger partial charge in [0.05, 0.1) is 5.69 Å². The molecule has 0 spiro atoms. The Kier molecular flexibility index (Phi) is 4.79. The van der Waals surface area contributed by atoms with Crippen LogP contribution in [0.2, 0.25) is 5.02 Å². The van der Waals surface area contributed by atoms with Gasteiger partial charge in [0, 0.05) is 28.7 Å². The molecule has 0 aliphatic heterocycles. The number of aryl methyl sites for hydroxylation is 2. The molecule has 9 heteroatoms. The fourth-order valence-corrected chi connectivity index (χ4v) is 3.77.